The highest BCUT2D eigenvalue weighted by atomic mass is 16.2. The van der Waals surface area contributed by atoms with Gasteiger partial charge in [-0.15, -0.1) is 0 Å². The van der Waals surface area contributed by atoms with Gasteiger partial charge in [0.1, 0.15) is 0 Å². The Labute approximate surface area is 69.8 Å². The first-order valence-electron chi connectivity index (χ1n) is 3.12. The van der Waals surface area contributed by atoms with E-state index in [4.69, 9.17) is 16.6 Å². The molecule has 0 saturated heterocycles. The fraction of sp³-hybridized carbons (Fsp3) is 0.400. The third-order valence-corrected chi connectivity index (χ3v) is 0.894. The van der Waals surface area contributed by atoms with Crippen molar-refractivity contribution >= 4 is 17.8 Å². The van der Waals surface area contributed by atoms with Crippen LogP contribution < -0.4 is 16.8 Å². The first-order valence-corrected chi connectivity index (χ1v) is 3.12. The number of aromatic nitrogens is 3. The highest BCUT2D eigenvalue weighted by Crippen LogP contribution is 2.00. The van der Waals surface area contributed by atoms with Gasteiger partial charge in [-0.1, -0.05) is 0 Å². The molecule has 0 aliphatic rings. The third-order valence-electron chi connectivity index (χ3n) is 0.894. The molecule has 0 spiro atoms. The minimum atomic E-state index is 0.122. The second-order valence-electron chi connectivity index (χ2n) is 1.63. The fourth-order valence-electron chi connectivity index (χ4n) is 0.521. The molecule has 1 aromatic heterocycles. The predicted molar refractivity (Wildman–Crippen MR) is 46.3 cm³/mol. The molecule has 0 unspecified atom stereocenters. The van der Waals surface area contributed by atoms with Crippen LogP contribution in [0.1, 0.15) is 0 Å². The molecular formula is C5H12N6O. The average Bonchev–Trinajstić information content (AvgIpc) is 2.06. The normalized spacial score (nSPS) is 8.25. The molecule has 0 aliphatic carbocycles. The van der Waals surface area contributed by atoms with Gasteiger partial charge in [-0.05, 0) is 0 Å². The van der Waals surface area contributed by atoms with Gasteiger partial charge >= 0.3 is 0 Å². The second-order valence-corrected chi connectivity index (χ2v) is 1.63. The molecule has 1 aromatic rings. The molecular weight excluding hydrogens is 160 g/mol. The molecule has 0 fully saturated rings. The lowest BCUT2D eigenvalue weighted by Gasteiger charge is -1.98. The van der Waals surface area contributed by atoms with Crippen molar-refractivity contribution < 1.29 is 5.11 Å². The number of hydrogen-bond acceptors (Lipinski definition) is 7. The van der Waals surface area contributed by atoms with Crippen molar-refractivity contribution in [2.24, 2.45) is 0 Å². The minimum Gasteiger partial charge on any atom is -0.400 e. The molecule has 0 atom stereocenters. The second kappa shape index (κ2) is 5.08. The molecule has 0 saturated carbocycles. The van der Waals surface area contributed by atoms with Crippen molar-refractivity contribution in [2.45, 2.75) is 0 Å². The number of aliphatic hydroxyl groups excluding tert-OH is 1. The van der Waals surface area contributed by atoms with Crippen LogP contribution in [0.4, 0.5) is 17.8 Å². The summed E-state index contributed by atoms with van der Waals surface area (Å²) in [5, 5.41) is 9.69. The summed E-state index contributed by atoms with van der Waals surface area (Å²) in [6.45, 7) is 0. The highest BCUT2D eigenvalue weighted by molar-refractivity contribution is 5.36. The average molecular weight is 172 g/mol. The maximum absolute atomic E-state index is 7.00. The van der Waals surface area contributed by atoms with E-state index in [1.807, 2.05) is 0 Å². The first-order chi connectivity index (χ1) is 5.72. The van der Waals surface area contributed by atoms with Gasteiger partial charge in [0.2, 0.25) is 17.8 Å². The Bertz CT molecular complexity index is 219. The summed E-state index contributed by atoms with van der Waals surface area (Å²) in [5.74, 6) is 0.624. The lowest BCUT2D eigenvalue weighted by Crippen LogP contribution is -2.06. The molecule has 0 bridgehead atoms. The Morgan fingerprint density at radius 1 is 1.08 bits per heavy atom. The van der Waals surface area contributed by atoms with E-state index in [2.05, 4.69) is 20.3 Å². The van der Waals surface area contributed by atoms with E-state index in [1.165, 1.54) is 0 Å². The monoisotopic (exact) mass is 172 g/mol. The van der Waals surface area contributed by atoms with Crippen LogP contribution >= 0.6 is 0 Å². The van der Waals surface area contributed by atoms with Gasteiger partial charge in [0.25, 0.3) is 0 Å². The van der Waals surface area contributed by atoms with Crippen molar-refractivity contribution in [2.75, 3.05) is 30.9 Å². The molecule has 12 heavy (non-hydrogen) atoms. The van der Waals surface area contributed by atoms with E-state index >= 15 is 0 Å². The Hall–Kier alpha value is -1.63. The van der Waals surface area contributed by atoms with E-state index in [9.17, 15) is 0 Å². The van der Waals surface area contributed by atoms with Gasteiger partial charge in [0.15, 0.2) is 0 Å². The molecule has 68 valence electrons. The lowest BCUT2D eigenvalue weighted by molar-refractivity contribution is 0.399. The summed E-state index contributed by atoms with van der Waals surface area (Å²) in [5.41, 5.74) is 10.5. The van der Waals surface area contributed by atoms with Crippen molar-refractivity contribution in [1.29, 1.82) is 0 Å². The number of nitrogens with zero attached hydrogens (tertiary/aromatic N) is 3. The van der Waals surface area contributed by atoms with Gasteiger partial charge < -0.3 is 21.9 Å². The van der Waals surface area contributed by atoms with Gasteiger partial charge in [-0.25, -0.2) is 0 Å². The summed E-state index contributed by atoms with van der Waals surface area (Å²) in [6.07, 6.45) is 0. The summed E-state index contributed by atoms with van der Waals surface area (Å²) >= 11 is 0. The third kappa shape index (κ3) is 2.97. The molecule has 6 N–H and O–H groups in total. The lowest BCUT2D eigenvalue weighted by atomic mass is 10.8. The van der Waals surface area contributed by atoms with E-state index in [-0.39, 0.29) is 11.9 Å². The molecule has 0 radical (unpaired) electrons. The van der Waals surface area contributed by atoms with E-state index in [0.717, 1.165) is 7.11 Å². The van der Waals surface area contributed by atoms with Crippen molar-refractivity contribution in [3.8, 4) is 0 Å². The maximum atomic E-state index is 7.00. The van der Waals surface area contributed by atoms with Crippen LogP contribution in [0.2, 0.25) is 0 Å². The van der Waals surface area contributed by atoms with Crippen molar-refractivity contribution in [1.82, 2.24) is 15.0 Å². The Morgan fingerprint density at radius 2 is 1.50 bits per heavy atom. The topological polar surface area (TPSA) is 123 Å². The van der Waals surface area contributed by atoms with Crippen LogP contribution in [0.25, 0.3) is 0 Å². The zero-order valence-electron chi connectivity index (χ0n) is 6.94. The van der Waals surface area contributed by atoms with E-state index in [1.54, 1.807) is 7.05 Å². The number of hydrogen-bond donors (Lipinski definition) is 4. The summed E-state index contributed by atoms with van der Waals surface area (Å²) < 4.78 is 0. The smallest absolute Gasteiger partial charge is 0.229 e. The Kier molecular flexibility index (Phi) is 4.39. The molecule has 7 heteroatoms. The SMILES string of the molecule is CNc1nc(N)nc(N)n1.CO. The van der Waals surface area contributed by atoms with Crippen LogP contribution in [-0.4, -0.2) is 34.2 Å². The summed E-state index contributed by atoms with van der Waals surface area (Å²) in [4.78, 5) is 11.0. The largest absolute Gasteiger partial charge is 0.400 e. The number of nitrogens with one attached hydrogen (secondary N) is 1. The van der Waals surface area contributed by atoms with Gasteiger partial charge in [0.05, 0.1) is 0 Å². The molecule has 1 rings (SSSR count). The van der Waals surface area contributed by atoms with Gasteiger partial charge in [-0.2, -0.15) is 15.0 Å². The van der Waals surface area contributed by atoms with E-state index in [0.29, 0.717) is 5.95 Å². The molecule has 1 heterocycles. The van der Waals surface area contributed by atoms with Crippen molar-refractivity contribution in [3.63, 3.8) is 0 Å². The summed E-state index contributed by atoms with van der Waals surface area (Å²) in [6, 6.07) is 0. The molecule has 0 aromatic carbocycles. The van der Waals surface area contributed by atoms with Crippen LogP contribution in [-0.2, 0) is 0 Å². The number of nitrogen functional groups attached to an aromatic ring is 2. The highest BCUT2D eigenvalue weighted by Gasteiger charge is 1.96. The van der Waals surface area contributed by atoms with Crippen LogP contribution in [0.15, 0.2) is 0 Å². The van der Waals surface area contributed by atoms with Crippen LogP contribution in [0.5, 0.6) is 0 Å². The molecule has 0 amide bonds. The van der Waals surface area contributed by atoms with E-state index < -0.39 is 0 Å². The Morgan fingerprint density at radius 3 is 1.83 bits per heavy atom. The number of anilines is 3. The minimum absolute atomic E-state index is 0.122. The number of rotatable bonds is 1. The zero-order valence-corrected chi connectivity index (χ0v) is 6.94. The number of nitrogens with two attached hydrogens (primary N) is 2. The quantitative estimate of drug-likeness (QED) is 0.414. The van der Waals surface area contributed by atoms with Crippen molar-refractivity contribution in [3.05, 3.63) is 0 Å². The maximum Gasteiger partial charge on any atom is 0.229 e. The van der Waals surface area contributed by atoms with Crippen LogP contribution in [0.3, 0.4) is 0 Å². The van der Waals surface area contributed by atoms with Gasteiger partial charge in [0, 0.05) is 14.2 Å². The van der Waals surface area contributed by atoms with Crippen LogP contribution in [0, 0.1) is 0 Å². The fourth-order valence-corrected chi connectivity index (χ4v) is 0.521. The summed E-state index contributed by atoms with van der Waals surface area (Å²) in [7, 11) is 2.67. The molecule has 0 aliphatic heterocycles. The Balaban J connectivity index is 0.000000561. The molecule has 7 nitrogen and oxygen atoms in total. The first kappa shape index (κ1) is 10.4. The predicted octanol–water partition coefficient (Wildman–Crippen LogP) is -1.31. The number of aliphatic hydroxyl groups is 1. The zero-order chi connectivity index (χ0) is 9.56. The standard InChI is InChI=1S/C4H8N6.CH4O/c1-7-4-9-2(5)8-3(6)10-4;1-2/h1H3,(H5,5,6,7,8,9,10);2H,1H3. The van der Waals surface area contributed by atoms with Gasteiger partial charge in [-0.3, -0.25) is 0 Å².